The first-order valence-corrected chi connectivity index (χ1v) is 3.18. The van der Waals surface area contributed by atoms with Gasteiger partial charge in [0.1, 0.15) is 0 Å². The number of nitrogens with one attached hydrogen (secondary N) is 1. The zero-order chi connectivity index (χ0) is 7.98. The van der Waals surface area contributed by atoms with Gasteiger partial charge in [-0.15, -0.1) is 0 Å². The van der Waals surface area contributed by atoms with Crippen LogP contribution in [-0.2, 0) is 0 Å². The van der Waals surface area contributed by atoms with E-state index in [1.165, 1.54) is 0 Å². The van der Waals surface area contributed by atoms with Crippen LogP contribution in [0.25, 0.3) is 0 Å². The fraction of sp³-hybridized carbons (Fsp3) is 0.250. The second kappa shape index (κ2) is 4.68. The maximum absolute atomic E-state index is 5.61. The molecule has 0 saturated carbocycles. The first-order valence-electron chi connectivity index (χ1n) is 3.18. The average molecular weight is 138 g/mol. The van der Waals surface area contributed by atoms with Gasteiger partial charge in [-0.1, -0.05) is 18.7 Å². The van der Waals surface area contributed by atoms with E-state index in [0.29, 0.717) is 5.70 Å². The Morgan fingerprint density at radius 1 is 1.60 bits per heavy atom. The zero-order valence-corrected chi connectivity index (χ0v) is 6.52. The van der Waals surface area contributed by atoms with Gasteiger partial charge in [-0.2, -0.15) is 0 Å². The molecule has 2 heteroatoms. The van der Waals surface area contributed by atoms with E-state index < -0.39 is 0 Å². The van der Waals surface area contributed by atoms with Crippen LogP contribution in [0.3, 0.4) is 0 Å². The molecule has 0 aromatic carbocycles. The first kappa shape index (κ1) is 8.82. The van der Waals surface area contributed by atoms with Crippen molar-refractivity contribution in [1.82, 2.24) is 5.32 Å². The lowest BCUT2D eigenvalue weighted by Gasteiger charge is -2.04. The van der Waals surface area contributed by atoms with Crippen LogP contribution in [0.5, 0.6) is 0 Å². The summed E-state index contributed by atoms with van der Waals surface area (Å²) in [5.41, 5.74) is 7.25. The van der Waals surface area contributed by atoms with Crippen LogP contribution in [0.15, 0.2) is 36.2 Å². The molecule has 0 fully saturated rings. The molecule has 0 spiro atoms. The third-order valence-electron chi connectivity index (χ3n) is 1.17. The smallest absolute Gasteiger partial charge is 0.0546 e. The molecule has 0 aromatic rings. The van der Waals surface area contributed by atoms with Crippen molar-refractivity contribution in [2.24, 2.45) is 5.73 Å². The summed E-state index contributed by atoms with van der Waals surface area (Å²) in [5, 5.41) is 2.96. The highest BCUT2D eigenvalue weighted by Crippen LogP contribution is 1.97. The Morgan fingerprint density at radius 3 is 2.50 bits per heavy atom. The fourth-order valence-corrected chi connectivity index (χ4v) is 0.672. The van der Waals surface area contributed by atoms with Crippen LogP contribution >= 0.6 is 0 Å². The second-order valence-electron chi connectivity index (χ2n) is 1.81. The average Bonchev–Trinajstić information content (AvgIpc) is 1.91. The summed E-state index contributed by atoms with van der Waals surface area (Å²) >= 11 is 0. The predicted molar refractivity (Wildman–Crippen MR) is 45.3 cm³/mol. The highest BCUT2D eigenvalue weighted by Gasteiger charge is 1.91. The largest absolute Gasteiger partial charge is 0.397 e. The number of likely N-dealkylation sites (N-methyl/N-ethyl adjacent to an activating group) is 1. The van der Waals surface area contributed by atoms with E-state index >= 15 is 0 Å². The van der Waals surface area contributed by atoms with Crippen molar-refractivity contribution in [3.8, 4) is 0 Å². The number of allylic oxidation sites excluding steroid dienone is 3. The minimum Gasteiger partial charge on any atom is -0.397 e. The highest BCUT2D eigenvalue weighted by atomic mass is 14.9. The van der Waals surface area contributed by atoms with Crippen LogP contribution in [0.1, 0.15) is 6.92 Å². The lowest BCUT2D eigenvalue weighted by molar-refractivity contribution is 0.984. The lowest BCUT2D eigenvalue weighted by atomic mass is 10.3. The van der Waals surface area contributed by atoms with Gasteiger partial charge < -0.3 is 11.1 Å². The Balaban J connectivity index is 4.30. The summed E-state index contributed by atoms with van der Waals surface area (Å²) < 4.78 is 0. The van der Waals surface area contributed by atoms with Gasteiger partial charge in [0.15, 0.2) is 0 Å². The Kier molecular flexibility index (Phi) is 4.12. The molecule has 10 heavy (non-hydrogen) atoms. The Bertz CT molecular complexity index is 166. The molecule has 0 rings (SSSR count). The van der Waals surface area contributed by atoms with Gasteiger partial charge in [0.25, 0.3) is 0 Å². The van der Waals surface area contributed by atoms with E-state index in [1.54, 1.807) is 12.2 Å². The molecule has 0 aromatic heterocycles. The number of rotatable bonds is 3. The summed E-state index contributed by atoms with van der Waals surface area (Å²) in [5.74, 6) is 0. The molecule has 0 bridgehead atoms. The molecule has 0 amide bonds. The van der Waals surface area contributed by atoms with Crippen LogP contribution in [-0.4, -0.2) is 7.05 Å². The standard InChI is InChI=1S/C8H14N2/c1-4-6-7(9)8(5-2)10-3/h4-6,10H,1,9H2,2-3H3/b7-6+,8-5+. The van der Waals surface area contributed by atoms with Gasteiger partial charge in [-0.3, -0.25) is 0 Å². The van der Waals surface area contributed by atoms with Crippen LogP contribution in [0, 0.1) is 0 Å². The van der Waals surface area contributed by atoms with E-state index in [2.05, 4.69) is 11.9 Å². The molecule has 56 valence electrons. The van der Waals surface area contributed by atoms with Gasteiger partial charge in [0.05, 0.1) is 11.4 Å². The first-order chi connectivity index (χ1) is 4.76. The summed E-state index contributed by atoms with van der Waals surface area (Å²) in [6.45, 7) is 5.47. The molecular weight excluding hydrogens is 124 g/mol. The third-order valence-corrected chi connectivity index (χ3v) is 1.17. The van der Waals surface area contributed by atoms with Crippen LogP contribution in [0.2, 0.25) is 0 Å². The molecule has 0 aliphatic rings. The number of nitrogens with two attached hydrogens (primary N) is 1. The van der Waals surface area contributed by atoms with E-state index in [1.807, 2.05) is 20.0 Å². The Labute approximate surface area is 62.1 Å². The molecular formula is C8H14N2. The summed E-state index contributed by atoms with van der Waals surface area (Å²) in [6.07, 6.45) is 5.33. The maximum atomic E-state index is 5.61. The van der Waals surface area contributed by atoms with Gasteiger partial charge in [-0.25, -0.2) is 0 Å². The van der Waals surface area contributed by atoms with E-state index in [-0.39, 0.29) is 0 Å². The minimum absolute atomic E-state index is 0.708. The van der Waals surface area contributed by atoms with E-state index in [4.69, 9.17) is 5.73 Å². The molecule has 0 unspecified atom stereocenters. The summed E-state index contributed by atoms with van der Waals surface area (Å²) in [4.78, 5) is 0. The SMILES string of the molecule is C=C/C=C(N)\C(=C/C)NC. The minimum atomic E-state index is 0.708. The van der Waals surface area contributed by atoms with Gasteiger partial charge in [-0.05, 0) is 13.0 Å². The number of hydrogen-bond acceptors (Lipinski definition) is 2. The molecule has 0 radical (unpaired) electrons. The Hall–Kier alpha value is -1.18. The van der Waals surface area contributed by atoms with E-state index in [0.717, 1.165) is 5.70 Å². The normalized spacial score (nSPS) is 13.0. The molecule has 0 atom stereocenters. The molecule has 0 aliphatic carbocycles. The molecule has 0 heterocycles. The lowest BCUT2D eigenvalue weighted by Crippen LogP contribution is -2.13. The maximum Gasteiger partial charge on any atom is 0.0546 e. The van der Waals surface area contributed by atoms with Crippen LogP contribution < -0.4 is 11.1 Å². The van der Waals surface area contributed by atoms with Crippen molar-refractivity contribution in [1.29, 1.82) is 0 Å². The summed E-state index contributed by atoms with van der Waals surface area (Å²) in [7, 11) is 1.83. The van der Waals surface area contributed by atoms with Gasteiger partial charge in [0.2, 0.25) is 0 Å². The second-order valence-corrected chi connectivity index (χ2v) is 1.81. The molecule has 0 saturated heterocycles. The van der Waals surface area contributed by atoms with Crippen molar-refractivity contribution in [3.05, 3.63) is 36.2 Å². The van der Waals surface area contributed by atoms with Crippen molar-refractivity contribution >= 4 is 0 Å². The van der Waals surface area contributed by atoms with Crippen molar-refractivity contribution in [2.45, 2.75) is 6.92 Å². The number of hydrogen-bond donors (Lipinski definition) is 2. The molecule has 0 aliphatic heterocycles. The van der Waals surface area contributed by atoms with Crippen LogP contribution in [0.4, 0.5) is 0 Å². The van der Waals surface area contributed by atoms with Crippen molar-refractivity contribution < 1.29 is 0 Å². The topological polar surface area (TPSA) is 38.0 Å². The fourth-order valence-electron chi connectivity index (χ4n) is 0.672. The van der Waals surface area contributed by atoms with Gasteiger partial charge >= 0.3 is 0 Å². The molecule has 3 N–H and O–H groups in total. The van der Waals surface area contributed by atoms with Crippen molar-refractivity contribution in [3.63, 3.8) is 0 Å². The summed E-state index contributed by atoms with van der Waals surface area (Å²) in [6, 6.07) is 0. The zero-order valence-electron chi connectivity index (χ0n) is 6.52. The third kappa shape index (κ3) is 2.40. The highest BCUT2D eigenvalue weighted by molar-refractivity contribution is 5.28. The van der Waals surface area contributed by atoms with Gasteiger partial charge in [0, 0.05) is 7.05 Å². The monoisotopic (exact) mass is 138 g/mol. The van der Waals surface area contributed by atoms with E-state index in [9.17, 15) is 0 Å². The van der Waals surface area contributed by atoms with Crippen molar-refractivity contribution in [2.75, 3.05) is 7.05 Å². The molecule has 2 nitrogen and oxygen atoms in total. The Morgan fingerprint density at radius 2 is 2.20 bits per heavy atom. The predicted octanol–water partition coefficient (Wildman–Crippen LogP) is 1.14. The quantitative estimate of drug-likeness (QED) is 0.574.